The fourth-order valence-corrected chi connectivity index (χ4v) is 2.94. The molecule has 0 saturated carbocycles. The average Bonchev–Trinajstić information content (AvgIpc) is 2.53. The Labute approximate surface area is 128 Å². The molecule has 0 unspecified atom stereocenters. The van der Waals surface area contributed by atoms with Gasteiger partial charge in [-0.1, -0.05) is 30.3 Å². The zero-order chi connectivity index (χ0) is 16.0. The highest BCUT2D eigenvalue weighted by atomic mass is 32.2. The molecule has 22 heavy (non-hydrogen) atoms. The lowest BCUT2D eigenvalue weighted by Gasteiger charge is -2.09. The van der Waals surface area contributed by atoms with E-state index in [1.165, 1.54) is 24.0 Å². The van der Waals surface area contributed by atoms with E-state index >= 15 is 0 Å². The molecular weight excluding hydrogens is 304 g/mol. The molecule has 3 N–H and O–H groups in total. The van der Waals surface area contributed by atoms with Crippen LogP contribution in [0.15, 0.2) is 59.5 Å². The second-order valence-corrected chi connectivity index (χ2v) is 6.19. The first-order valence-corrected chi connectivity index (χ1v) is 7.94. The van der Waals surface area contributed by atoms with Crippen molar-refractivity contribution in [2.45, 2.75) is 11.3 Å². The number of benzene rings is 2. The Balaban J connectivity index is 2.15. The second-order valence-electron chi connectivity index (χ2n) is 4.50. The molecule has 2 rings (SSSR count). The lowest BCUT2D eigenvalue weighted by molar-refractivity contribution is -0.125. The van der Waals surface area contributed by atoms with Gasteiger partial charge in [0.2, 0.25) is 5.91 Å². The van der Waals surface area contributed by atoms with Crippen molar-refractivity contribution < 1.29 is 18.4 Å². The Morgan fingerprint density at radius 2 is 1.82 bits per heavy atom. The molecule has 0 heterocycles. The fourth-order valence-electron chi connectivity index (χ4n) is 1.82. The second kappa shape index (κ2) is 7.06. The summed E-state index contributed by atoms with van der Waals surface area (Å²) in [5, 5.41) is 8.42. The van der Waals surface area contributed by atoms with Gasteiger partial charge in [0.15, 0.2) is 0 Å². The zero-order valence-electron chi connectivity index (χ0n) is 11.6. The van der Waals surface area contributed by atoms with E-state index in [4.69, 9.17) is 5.21 Å². The molecule has 2 aromatic rings. The molecule has 0 aliphatic rings. The normalized spacial score (nSPS) is 11.0. The maximum absolute atomic E-state index is 12.3. The molecule has 0 atom stereocenters. The van der Waals surface area contributed by atoms with Crippen molar-refractivity contribution >= 4 is 21.6 Å². The molecule has 7 heteroatoms. The Morgan fingerprint density at radius 1 is 1.09 bits per heavy atom. The van der Waals surface area contributed by atoms with Crippen LogP contribution in [0.3, 0.4) is 0 Å². The minimum atomic E-state index is -3.69. The third-order valence-corrected chi connectivity index (χ3v) is 4.25. The highest BCUT2D eigenvalue weighted by Gasteiger charge is 2.14. The Hall–Kier alpha value is -2.38. The summed E-state index contributed by atoms with van der Waals surface area (Å²) >= 11 is 0. The third-order valence-electron chi connectivity index (χ3n) is 2.87. The molecule has 115 valence electrons. The van der Waals surface area contributed by atoms with Crippen LogP contribution in [0.25, 0.3) is 0 Å². The minimum Gasteiger partial charge on any atom is -0.289 e. The number of hydroxylamine groups is 1. The number of carbonyl (C=O) groups is 1. The Bertz CT molecular complexity index is 745. The van der Waals surface area contributed by atoms with Crippen LogP contribution in [0.4, 0.5) is 5.69 Å². The van der Waals surface area contributed by atoms with Crippen LogP contribution in [0.2, 0.25) is 0 Å². The van der Waals surface area contributed by atoms with Crippen molar-refractivity contribution in [3.8, 4) is 0 Å². The van der Waals surface area contributed by atoms with Crippen molar-refractivity contribution in [3.63, 3.8) is 0 Å². The highest BCUT2D eigenvalue weighted by Crippen LogP contribution is 2.17. The summed E-state index contributed by atoms with van der Waals surface area (Å²) in [5.41, 5.74) is 2.60. The van der Waals surface area contributed by atoms with Gasteiger partial charge in [0, 0.05) is 5.69 Å². The summed E-state index contributed by atoms with van der Waals surface area (Å²) in [7, 11) is -3.69. The number of hydrogen-bond acceptors (Lipinski definition) is 4. The molecule has 2 aromatic carbocycles. The summed E-state index contributed by atoms with van der Waals surface area (Å²) in [5.74, 6) is -0.643. The van der Waals surface area contributed by atoms with E-state index in [2.05, 4.69) is 4.72 Å². The van der Waals surface area contributed by atoms with Crippen LogP contribution >= 0.6 is 0 Å². The van der Waals surface area contributed by atoms with Gasteiger partial charge < -0.3 is 0 Å². The number of sulfonamides is 1. The first-order valence-electron chi connectivity index (χ1n) is 6.45. The summed E-state index contributed by atoms with van der Waals surface area (Å²) in [6, 6.07) is 14.8. The monoisotopic (exact) mass is 319 g/mol. The summed E-state index contributed by atoms with van der Waals surface area (Å²) in [4.78, 5) is 11.1. The summed E-state index contributed by atoms with van der Waals surface area (Å²) < 4.78 is 27.1. The molecule has 6 nitrogen and oxygen atoms in total. The molecular formula is C15H15N2O4S. The number of hydrogen-bond donors (Lipinski definition) is 3. The van der Waals surface area contributed by atoms with Crippen molar-refractivity contribution in [1.29, 1.82) is 0 Å². The smallest absolute Gasteiger partial charge is 0.261 e. The minimum absolute atomic E-state index is 0.103. The van der Waals surface area contributed by atoms with Crippen LogP contribution in [-0.4, -0.2) is 19.5 Å². The van der Waals surface area contributed by atoms with Gasteiger partial charge in [0.1, 0.15) is 0 Å². The van der Waals surface area contributed by atoms with Crippen LogP contribution in [0, 0.1) is 6.42 Å². The fraction of sp³-hybridized carbons (Fsp3) is 0.0667. The first kappa shape index (κ1) is 16.0. The molecule has 0 aliphatic heterocycles. The first-order chi connectivity index (χ1) is 10.5. The van der Waals surface area contributed by atoms with Gasteiger partial charge in [-0.3, -0.25) is 14.7 Å². The van der Waals surface area contributed by atoms with E-state index in [1.54, 1.807) is 42.5 Å². The SMILES string of the molecule is O=C([CH]Cc1cccc(S(=O)(=O)Nc2ccccc2)c1)NO. The van der Waals surface area contributed by atoms with Gasteiger partial charge >= 0.3 is 0 Å². The zero-order valence-corrected chi connectivity index (χ0v) is 12.4. The van der Waals surface area contributed by atoms with Crippen LogP contribution < -0.4 is 10.2 Å². The molecule has 1 radical (unpaired) electrons. The van der Waals surface area contributed by atoms with Gasteiger partial charge in [0.05, 0.1) is 11.3 Å². The van der Waals surface area contributed by atoms with E-state index in [-0.39, 0.29) is 11.3 Å². The van der Waals surface area contributed by atoms with Crippen LogP contribution in [0.1, 0.15) is 5.56 Å². The predicted molar refractivity (Wildman–Crippen MR) is 81.6 cm³/mol. The maximum atomic E-state index is 12.3. The lowest BCUT2D eigenvalue weighted by atomic mass is 10.1. The molecule has 0 saturated heterocycles. The lowest BCUT2D eigenvalue weighted by Crippen LogP contribution is -2.19. The molecule has 0 aliphatic carbocycles. The predicted octanol–water partition coefficient (Wildman–Crippen LogP) is 1.74. The molecule has 0 fully saturated rings. The van der Waals surface area contributed by atoms with Gasteiger partial charge in [-0.2, -0.15) is 0 Å². The molecule has 0 aromatic heterocycles. The van der Waals surface area contributed by atoms with Crippen molar-refractivity contribution in [1.82, 2.24) is 5.48 Å². The number of carbonyl (C=O) groups excluding carboxylic acids is 1. The molecule has 1 amide bonds. The van der Waals surface area contributed by atoms with Crippen molar-refractivity contribution in [2.24, 2.45) is 0 Å². The third kappa shape index (κ3) is 4.31. The number of para-hydroxylation sites is 1. The quantitative estimate of drug-likeness (QED) is 0.558. The van der Waals surface area contributed by atoms with E-state index in [0.29, 0.717) is 11.3 Å². The summed E-state index contributed by atoms with van der Waals surface area (Å²) in [6.07, 6.45) is 1.43. The summed E-state index contributed by atoms with van der Waals surface area (Å²) in [6.45, 7) is 0. The van der Waals surface area contributed by atoms with Crippen LogP contribution in [-0.2, 0) is 21.2 Å². The van der Waals surface area contributed by atoms with E-state index < -0.39 is 15.9 Å². The Morgan fingerprint density at radius 3 is 2.50 bits per heavy atom. The highest BCUT2D eigenvalue weighted by molar-refractivity contribution is 7.92. The van der Waals surface area contributed by atoms with Gasteiger partial charge in [0.25, 0.3) is 10.0 Å². The average molecular weight is 319 g/mol. The van der Waals surface area contributed by atoms with E-state index in [1.807, 2.05) is 0 Å². The standard InChI is InChI=1S/C15H15N2O4S/c18-15(16-19)10-9-12-5-4-8-14(11-12)22(20,21)17-13-6-2-1-3-7-13/h1-8,10-11,17,19H,9H2,(H,16,18). The van der Waals surface area contributed by atoms with Crippen molar-refractivity contribution in [2.75, 3.05) is 4.72 Å². The van der Waals surface area contributed by atoms with Gasteiger partial charge in [-0.05, 0) is 36.2 Å². The number of nitrogens with one attached hydrogen (secondary N) is 2. The van der Waals surface area contributed by atoms with Crippen molar-refractivity contribution in [3.05, 3.63) is 66.6 Å². The largest absolute Gasteiger partial charge is 0.289 e. The van der Waals surface area contributed by atoms with E-state index in [0.717, 1.165) is 0 Å². The van der Waals surface area contributed by atoms with E-state index in [9.17, 15) is 13.2 Å². The number of anilines is 1. The van der Waals surface area contributed by atoms with Gasteiger partial charge in [-0.25, -0.2) is 13.9 Å². The maximum Gasteiger partial charge on any atom is 0.261 e. The molecule has 0 bridgehead atoms. The van der Waals surface area contributed by atoms with Gasteiger partial charge in [-0.15, -0.1) is 0 Å². The Kier molecular flexibility index (Phi) is 5.13. The number of amides is 1. The molecule has 0 spiro atoms. The topological polar surface area (TPSA) is 95.5 Å². The number of rotatable bonds is 6. The van der Waals surface area contributed by atoms with Crippen LogP contribution in [0.5, 0.6) is 0 Å².